The van der Waals surface area contributed by atoms with E-state index in [9.17, 15) is 0 Å². The predicted molar refractivity (Wildman–Crippen MR) is 232 cm³/mol. The van der Waals surface area contributed by atoms with Crippen molar-refractivity contribution in [3.8, 4) is 33.4 Å². The van der Waals surface area contributed by atoms with Crippen LogP contribution in [0, 0.1) is 0 Å². The first-order valence-electron chi connectivity index (χ1n) is 19.3. The van der Waals surface area contributed by atoms with E-state index in [0.717, 1.165) is 36.3 Å². The van der Waals surface area contributed by atoms with Gasteiger partial charge in [0.15, 0.2) is 0 Å². The summed E-state index contributed by atoms with van der Waals surface area (Å²) < 4.78 is 0. The molecule has 0 aromatic heterocycles. The van der Waals surface area contributed by atoms with Crippen molar-refractivity contribution in [3.05, 3.63) is 199 Å². The second-order valence-electron chi connectivity index (χ2n) is 14.7. The van der Waals surface area contributed by atoms with Gasteiger partial charge in [0.25, 0.3) is 0 Å². The Bertz CT molecular complexity index is 1910. The molecule has 0 radical (unpaired) electrons. The van der Waals surface area contributed by atoms with Crippen LogP contribution in [-0.2, 0) is 19.3 Å². The predicted octanol–water partition coefficient (Wildman–Crippen LogP) is 12.8. The largest absolute Gasteiger partial charge is 0.382 e. The highest BCUT2D eigenvalue weighted by molar-refractivity contribution is 5.82. The molecule has 0 saturated carbocycles. The second-order valence-corrected chi connectivity index (χ2v) is 14.7. The maximum Gasteiger partial charge on any atom is 0.0342 e. The summed E-state index contributed by atoms with van der Waals surface area (Å²) in [6.07, 6.45) is 2.94. The summed E-state index contributed by atoms with van der Waals surface area (Å²) in [5, 5.41) is 11.1. The van der Waals surface area contributed by atoms with E-state index >= 15 is 0 Å². The fourth-order valence-corrected chi connectivity index (χ4v) is 7.31. The first-order valence-corrected chi connectivity index (χ1v) is 19.3. The zero-order chi connectivity index (χ0) is 37.1. The highest BCUT2D eigenvalue weighted by Gasteiger charge is 2.11. The molecule has 7 rings (SSSR count). The molecule has 54 heavy (non-hydrogen) atoms. The smallest absolute Gasteiger partial charge is 0.0342 e. The minimum Gasteiger partial charge on any atom is -0.382 e. The fraction of sp³-hybridized carbons (Fsp3) is 0.176. The molecule has 0 aliphatic carbocycles. The molecule has 3 atom stereocenters. The Morgan fingerprint density at radius 3 is 0.778 bits per heavy atom. The van der Waals surface area contributed by atoms with Gasteiger partial charge >= 0.3 is 0 Å². The number of hydrogen-bond acceptors (Lipinski definition) is 3. The van der Waals surface area contributed by atoms with E-state index in [1.165, 1.54) is 50.1 Å². The lowest BCUT2D eigenvalue weighted by atomic mass is 9.93. The van der Waals surface area contributed by atoms with Crippen LogP contribution < -0.4 is 16.0 Å². The summed E-state index contributed by atoms with van der Waals surface area (Å²) in [5.41, 5.74) is 14.6. The summed E-state index contributed by atoms with van der Waals surface area (Å²) in [6.45, 7) is 6.73. The summed E-state index contributed by atoms with van der Waals surface area (Å²) in [7, 11) is 0. The van der Waals surface area contributed by atoms with Crippen molar-refractivity contribution in [2.24, 2.45) is 0 Å². The topological polar surface area (TPSA) is 36.1 Å². The molecule has 7 aromatic rings. The fourth-order valence-electron chi connectivity index (χ4n) is 7.31. The summed E-state index contributed by atoms with van der Waals surface area (Å²) >= 11 is 0. The van der Waals surface area contributed by atoms with Gasteiger partial charge in [0, 0.05) is 35.2 Å². The van der Waals surface area contributed by atoms with Crippen molar-refractivity contribution < 1.29 is 0 Å². The third-order valence-electron chi connectivity index (χ3n) is 9.98. The van der Waals surface area contributed by atoms with Gasteiger partial charge in [-0.15, -0.1) is 0 Å². The lowest BCUT2D eigenvalue weighted by Gasteiger charge is -2.17. The minimum absolute atomic E-state index is 0.325. The Morgan fingerprint density at radius 1 is 0.296 bits per heavy atom. The van der Waals surface area contributed by atoms with E-state index < -0.39 is 0 Å². The summed E-state index contributed by atoms with van der Waals surface area (Å²) in [5.74, 6) is 0. The number of anilines is 3. The molecular weight excluding hydrogens is 655 g/mol. The van der Waals surface area contributed by atoms with Gasteiger partial charge in [-0.1, -0.05) is 127 Å². The summed E-state index contributed by atoms with van der Waals surface area (Å²) in [4.78, 5) is 0. The molecule has 0 saturated heterocycles. The van der Waals surface area contributed by atoms with E-state index in [2.05, 4.69) is 219 Å². The SMILES string of the molecule is CC(Cc1ccccc1)Nc1ccc(-c2cc(-c3ccc(NC(C)Cc4ccccc4)cc3)cc(-c3ccc(NC(C)Cc4ccccc4)cc3)c2)cc1. The van der Waals surface area contributed by atoms with Crippen LogP contribution >= 0.6 is 0 Å². The molecule has 0 fully saturated rings. The van der Waals surface area contributed by atoms with E-state index in [4.69, 9.17) is 0 Å². The number of benzene rings is 7. The van der Waals surface area contributed by atoms with Crippen molar-refractivity contribution in [2.75, 3.05) is 16.0 Å². The third-order valence-corrected chi connectivity index (χ3v) is 9.98. The van der Waals surface area contributed by atoms with Crippen LogP contribution in [0.1, 0.15) is 37.5 Å². The second kappa shape index (κ2) is 17.6. The van der Waals surface area contributed by atoms with E-state index in [1.54, 1.807) is 0 Å². The summed E-state index contributed by atoms with van der Waals surface area (Å²) in [6, 6.07) is 66.6. The first-order chi connectivity index (χ1) is 26.4. The van der Waals surface area contributed by atoms with Crippen LogP contribution in [0.2, 0.25) is 0 Å². The van der Waals surface area contributed by atoms with Gasteiger partial charge in [0.2, 0.25) is 0 Å². The van der Waals surface area contributed by atoms with Crippen LogP contribution in [0.5, 0.6) is 0 Å². The van der Waals surface area contributed by atoms with Crippen molar-refractivity contribution in [3.63, 3.8) is 0 Å². The highest BCUT2D eigenvalue weighted by atomic mass is 14.9. The molecule has 3 heteroatoms. The third kappa shape index (κ3) is 10.1. The monoisotopic (exact) mass is 705 g/mol. The van der Waals surface area contributed by atoms with Crippen molar-refractivity contribution in [1.29, 1.82) is 0 Å². The molecule has 0 heterocycles. The molecule has 0 aliphatic rings. The standard InChI is InChI=1S/C51H51N3/c1-37(31-40-13-7-4-8-14-40)52-49-25-19-43(20-26-49)46-34-47(44-21-27-50(28-22-44)53-38(2)32-41-15-9-5-10-16-41)36-48(35-46)45-23-29-51(30-24-45)54-39(3)33-42-17-11-6-12-18-42/h4-30,34-39,52-54H,31-33H2,1-3H3. The highest BCUT2D eigenvalue weighted by Crippen LogP contribution is 2.34. The maximum atomic E-state index is 3.70. The normalized spacial score (nSPS) is 12.7. The molecule has 0 bridgehead atoms. The average Bonchev–Trinajstić information content (AvgIpc) is 3.19. The lowest BCUT2D eigenvalue weighted by Crippen LogP contribution is -2.17. The number of hydrogen-bond donors (Lipinski definition) is 3. The Balaban J connectivity index is 1.11. The number of nitrogens with one attached hydrogen (secondary N) is 3. The zero-order valence-corrected chi connectivity index (χ0v) is 31.7. The van der Waals surface area contributed by atoms with Gasteiger partial charge in [-0.3, -0.25) is 0 Å². The van der Waals surface area contributed by atoms with Gasteiger partial charge < -0.3 is 16.0 Å². The van der Waals surface area contributed by atoms with Gasteiger partial charge in [0.05, 0.1) is 0 Å². The van der Waals surface area contributed by atoms with Gasteiger partial charge in [-0.05, 0) is 145 Å². The Morgan fingerprint density at radius 2 is 0.537 bits per heavy atom. The molecule has 3 N–H and O–H groups in total. The van der Waals surface area contributed by atoms with Crippen LogP contribution in [0.4, 0.5) is 17.1 Å². The van der Waals surface area contributed by atoms with Crippen LogP contribution in [0.3, 0.4) is 0 Å². The number of rotatable bonds is 15. The van der Waals surface area contributed by atoms with Gasteiger partial charge in [0.1, 0.15) is 0 Å². The molecular formula is C51H51N3. The van der Waals surface area contributed by atoms with Crippen molar-refractivity contribution in [2.45, 2.75) is 58.2 Å². The average molecular weight is 706 g/mol. The van der Waals surface area contributed by atoms with Gasteiger partial charge in [-0.25, -0.2) is 0 Å². The Kier molecular flexibility index (Phi) is 11.9. The van der Waals surface area contributed by atoms with Crippen LogP contribution in [-0.4, -0.2) is 18.1 Å². The molecule has 270 valence electrons. The molecule has 0 aliphatic heterocycles. The van der Waals surface area contributed by atoms with E-state index in [0.29, 0.717) is 18.1 Å². The molecule has 0 amide bonds. The first kappa shape index (κ1) is 36.3. The van der Waals surface area contributed by atoms with E-state index in [-0.39, 0.29) is 0 Å². The van der Waals surface area contributed by atoms with Crippen molar-refractivity contribution in [1.82, 2.24) is 0 Å². The minimum atomic E-state index is 0.325. The molecule has 7 aromatic carbocycles. The Hall–Kier alpha value is -6.06. The molecule has 3 unspecified atom stereocenters. The molecule has 3 nitrogen and oxygen atoms in total. The quantitative estimate of drug-likeness (QED) is 0.0994. The van der Waals surface area contributed by atoms with Crippen LogP contribution in [0.15, 0.2) is 182 Å². The van der Waals surface area contributed by atoms with Crippen molar-refractivity contribution >= 4 is 17.1 Å². The van der Waals surface area contributed by atoms with E-state index in [1.807, 2.05) is 0 Å². The molecule has 0 spiro atoms. The zero-order valence-electron chi connectivity index (χ0n) is 31.7. The Labute approximate surface area is 322 Å². The van der Waals surface area contributed by atoms with Gasteiger partial charge in [-0.2, -0.15) is 0 Å². The van der Waals surface area contributed by atoms with Crippen LogP contribution in [0.25, 0.3) is 33.4 Å². The lowest BCUT2D eigenvalue weighted by molar-refractivity contribution is 0.790. The maximum absolute atomic E-state index is 3.70.